The summed E-state index contributed by atoms with van der Waals surface area (Å²) in [5.74, 6) is -3.55. The Morgan fingerprint density at radius 2 is 1.61 bits per heavy atom. The highest BCUT2D eigenvalue weighted by Crippen LogP contribution is 2.42. The maximum atomic E-state index is 14.6. The van der Waals surface area contributed by atoms with Crippen molar-refractivity contribution in [1.29, 1.82) is 0 Å². The molecule has 9 nitrogen and oxygen atoms in total. The molecular formula is C31H43F2N3O6SSi. The van der Waals surface area contributed by atoms with Gasteiger partial charge < -0.3 is 19.7 Å². The molecule has 2 aliphatic rings. The molecule has 2 aromatic rings. The minimum Gasteiger partial charge on any atom is -0.450 e. The fraction of sp³-hybridized carbons (Fsp3) is 0.548. The van der Waals surface area contributed by atoms with E-state index in [1.165, 1.54) is 21.3 Å². The molecule has 1 heterocycles. The third-order valence-electron chi connectivity index (χ3n) is 8.15. The third-order valence-corrected chi connectivity index (χ3v) is 11.8. The summed E-state index contributed by atoms with van der Waals surface area (Å²) in [6, 6.07) is 16.5. The number of nitrogens with zero attached hydrogens (tertiary/aromatic N) is 2. The van der Waals surface area contributed by atoms with Gasteiger partial charge in [-0.2, -0.15) is 4.31 Å². The summed E-state index contributed by atoms with van der Waals surface area (Å²) in [7, 11) is -5.35. The number of hydrogen-bond donors (Lipinski definition) is 1. The number of hydrogen-bond acceptors (Lipinski definition) is 6. The van der Waals surface area contributed by atoms with Crippen LogP contribution in [-0.4, -0.2) is 82.1 Å². The largest absolute Gasteiger partial charge is 0.450 e. The van der Waals surface area contributed by atoms with E-state index in [4.69, 9.17) is 9.47 Å². The van der Waals surface area contributed by atoms with E-state index >= 15 is 0 Å². The first kappa shape index (κ1) is 33.9. The van der Waals surface area contributed by atoms with Gasteiger partial charge in [0, 0.05) is 52.6 Å². The van der Waals surface area contributed by atoms with Gasteiger partial charge in [0.15, 0.2) is 0 Å². The van der Waals surface area contributed by atoms with E-state index in [1.54, 1.807) is 18.2 Å². The summed E-state index contributed by atoms with van der Waals surface area (Å²) < 4.78 is 68.7. The Hall–Kier alpha value is -3.03. The Morgan fingerprint density at radius 3 is 2.27 bits per heavy atom. The van der Waals surface area contributed by atoms with Gasteiger partial charge in [-0.3, -0.25) is 0 Å². The number of alkyl carbamates (subject to hydrolysis) is 1. The third kappa shape index (κ3) is 9.48. The van der Waals surface area contributed by atoms with Crippen molar-refractivity contribution >= 4 is 30.3 Å². The summed E-state index contributed by atoms with van der Waals surface area (Å²) in [5, 5.41) is 2.64. The zero-order chi connectivity index (χ0) is 32.0. The van der Waals surface area contributed by atoms with Crippen LogP contribution in [0.2, 0.25) is 25.7 Å². The number of nitrogens with one attached hydrogen (secondary N) is 1. The highest BCUT2D eigenvalue weighted by molar-refractivity contribution is 7.89. The standard InChI is InChI=1S/C31H43F2N3O6SSi/c1-44(2,3)19-18-41-29(37)34-28-21-31(32,33)20-25(28)14-15-26-22-35(30(38)42-23-24-10-6-4-7-11-24)16-17-36(26)43(39,40)27-12-8-5-9-13-27/h4-13,25-26,28H,14-23H2,1-3H3,(H,34,37). The number of carbonyl (C=O) groups is 2. The number of ether oxygens (including phenoxy) is 2. The fourth-order valence-electron chi connectivity index (χ4n) is 5.71. The SMILES string of the molecule is C[Si](C)(C)CCOC(=O)NC1CC(F)(F)CC1CCC1CN(C(=O)OCc2ccccc2)CCN1S(=O)(=O)c1ccccc1. The molecule has 2 aromatic carbocycles. The summed E-state index contributed by atoms with van der Waals surface area (Å²) in [6.45, 7) is 6.99. The van der Waals surface area contributed by atoms with Gasteiger partial charge in [-0.25, -0.2) is 26.8 Å². The lowest BCUT2D eigenvalue weighted by Crippen LogP contribution is -2.56. The van der Waals surface area contributed by atoms with Crippen LogP contribution < -0.4 is 5.32 Å². The van der Waals surface area contributed by atoms with Crippen LogP contribution in [0.4, 0.5) is 18.4 Å². The quantitative estimate of drug-likeness (QED) is 0.301. The van der Waals surface area contributed by atoms with Crippen molar-refractivity contribution in [2.75, 3.05) is 26.2 Å². The van der Waals surface area contributed by atoms with E-state index < -0.39 is 67.0 Å². The zero-order valence-electron chi connectivity index (χ0n) is 25.6. The van der Waals surface area contributed by atoms with Gasteiger partial charge in [-0.1, -0.05) is 68.2 Å². The lowest BCUT2D eigenvalue weighted by atomic mass is 9.94. The predicted molar refractivity (Wildman–Crippen MR) is 166 cm³/mol. The number of halogens is 2. The van der Waals surface area contributed by atoms with Crippen LogP contribution in [-0.2, 0) is 26.1 Å². The van der Waals surface area contributed by atoms with Gasteiger partial charge in [0.1, 0.15) is 6.61 Å². The summed E-state index contributed by atoms with van der Waals surface area (Å²) in [4.78, 5) is 27.0. The predicted octanol–water partition coefficient (Wildman–Crippen LogP) is 5.96. The molecule has 1 saturated heterocycles. The summed E-state index contributed by atoms with van der Waals surface area (Å²) in [6.07, 6.45) is -1.76. The molecule has 1 N–H and O–H groups in total. The first-order valence-electron chi connectivity index (χ1n) is 15.1. The molecule has 2 amide bonds. The van der Waals surface area contributed by atoms with E-state index in [2.05, 4.69) is 25.0 Å². The normalized spacial score (nSPS) is 22.4. The number of carbonyl (C=O) groups excluding carboxylic acids is 2. The van der Waals surface area contributed by atoms with Crippen molar-refractivity contribution in [2.24, 2.45) is 5.92 Å². The maximum absolute atomic E-state index is 14.6. The maximum Gasteiger partial charge on any atom is 0.410 e. The monoisotopic (exact) mass is 651 g/mol. The van der Waals surface area contributed by atoms with Crippen molar-refractivity contribution in [1.82, 2.24) is 14.5 Å². The first-order chi connectivity index (χ1) is 20.7. The summed E-state index contributed by atoms with van der Waals surface area (Å²) >= 11 is 0. The second-order valence-corrected chi connectivity index (χ2v) is 20.4. The van der Waals surface area contributed by atoms with E-state index in [9.17, 15) is 26.8 Å². The smallest absolute Gasteiger partial charge is 0.410 e. The molecule has 3 atom stereocenters. The van der Waals surface area contributed by atoms with E-state index in [-0.39, 0.29) is 50.6 Å². The lowest BCUT2D eigenvalue weighted by Gasteiger charge is -2.40. The lowest BCUT2D eigenvalue weighted by molar-refractivity contribution is 0.00304. The Labute approximate surface area is 260 Å². The molecule has 242 valence electrons. The van der Waals surface area contributed by atoms with Crippen LogP contribution in [0.15, 0.2) is 65.6 Å². The highest BCUT2D eigenvalue weighted by Gasteiger charge is 2.47. The molecule has 0 aromatic heterocycles. The van der Waals surface area contributed by atoms with E-state index in [0.717, 1.165) is 11.6 Å². The second kappa shape index (κ2) is 14.4. The minimum atomic E-state index is -3.92. The number of sulfonamides is 1. The Balaban J connectivity index is 1.45. The molecule has 4 rings (SSSR count). The zero-order valence-corrected chi connectivity index (χ0v) is 27.4. The molecule has 44 heavy (non-hydrogen) atoms. The second-order valence-electron chi connectivity index (χ2n) is 12.9. The summed E-state index contributed by atoms with van der Waals surface area (Å²) in [5.41, 5.74) is 0.822. The molecule has 1 saturated carbocycles. The first-order valence-corrected chi connectivity index (χ1v) is 20.2. The highest BCUT2D eigenvalue weighted by atomic mass is 32.2. The Kier molecular flexibility index (Phi) is 11.1. The molecule has 3 unspecified atom stereocenters. The van der Waals surface area contributed by atoms with Gasteiger partial charge in [0.2, 0.25) is 10.0 Å². The van der Waals surface area contributed by atoms with Crippen molar-refractivity contribution < 1.29 is 36.3 Å². The van der Waals surface area contributed by atoms with Crippen LogP contribution in [0.1, 0.15) is 31.2 Å². The van der Waals surface area contributed by atoms with Gasteiger partial charge >= 0.3 is 12.2 Å². The molecule has 13 heteroatoms. The van der Waals surface area contributed by atoms with E-state index in [0.29, 0.717) is 0 Å². The van der Waals surface area contributed by atoms with Crippen molar-refractivity contribution in [3.63, 3.8) is 0 Å². The number of amides is 2. The van der Waals surface area contributed by atoms with Crippen LogP contribution >= 0.6 is 0 Å². The average Bonchev–Trinajstić information content (AvgIpc) is 3.27. The number of rotatable bonds is 11. The molecule has 0 bridgehead atoms. The molecule has 2 fully saturated rings. The molecule has 1 aliphatic carbocycles. The molecule has 1 aliphatic heterocycles. The van der Waals surface area contributed by atoms with Gasteiger partial charge in [0.25, 0.3) is 5.92 Å². The average molecular weight is 652 g/mol. The van der Waals surface area contributed by atoms with Crippen molar-refractivity contribution in [2.45, 2.75) is 80.9 Å². The van der Waals surface area contributed by atoms with E-state index in [1.807, 2.05) is 30.3 Å². The molecule has 0 spiro atoms. The van der Waals surface area contributed by atoms with Crippen LogP contribution in [0.25, 0.3) is 0 Å². The van der Waals surface area contributed by atoms with Gasteiger partial charge in [-0.15, -0.1) is 0 Å². The number of alkyl halides is 2. The van der Waals surface area contributed by atoms with Crippen LogP contribution in [0.3, 0.4) is 0 Å². The number of benzene rings is 2. The Morgan fingerprint density at radius 1 is 0.955 bits per heavy atom. The molecule has 0 radical (unpaired) electrons. The van der Waals surface area contributed by atoms with Gasteiger partial charge in [-0.05, 0) is 42.5 Å². The van der Waals surface area contributed by atoms with Crippen molar-refractivity contribution in [3.05, 3.63) is 66.2 Å². The van der Waals surface area contributed by atoms with Crippen molar-refractivity contribution in [3.8, 4) is 0 Å². The molecular weight excluding hydrogens is 609 g/mol. The topological polar surface area (TPSA) is 105 Å². The van der Waals surface area contributed by atoms with Crippen LogP contribution in [0.5, 0.6) is 0 Å². The Bertz CT molecular complexity index is 1360. The van der Waals surface area contributed by atoms with Crippen LogP contribution in [0, 0.1) is 5.92 Å². The van der Waals surface area contributed by atoms with Gasteiger partial charge in [0.05, 0.1) is 11.5 Å². The minimum absolute atomic E-state index is 0.0360. The number of piperazine rings is 1. The fourth-order valence-corrected chi connectivity index (χ4v) is 8.09.